The highest BCUT2D eigenvalue weighted by Crippen LogP contribution is 2.34. The van der Waals surface area contributed by atoms with Gasteiger partial charge in [0.2, 0.25) is 10.0 Å². The van der Waals surface area contributed by atoms with E-state index < -0.39 is 10.0 Å². The number of benzene rings is 2. The van der Waals surface area contributed by atoms with Crippen LogP contribution >= 0.6 is 11.6 Å². The van der Waals surface area contributed by atoms with Crippen molar-refractivity contribution in [2.75, 3.05) is 12.3 Å². The average molecular weight is 435 g/mol. The SMILES string of the molecule is CCCS(=O)(=O)NCCCc1ccc2c(c1)C(Cc1ccc(Cl)cc1)C(N)CC2. The van der Waals surface area contributed by atoms with Gasteiger partial charge < -0.3 is 5.73 Å². The van der Waals surface area contributed by atoms with Crippen LogP contribution in [0.5, 0.6) is 0 Å². The molecule has 158 valence electrons. The molecule has 0 saturated carbocycles. The molecular weight excluding hydrogens is 404 g/mol. The third kappa shape index (κ3) is 6.29. The second kappa shape index (κ2) is 10.1. The lowest BCUT2D eigenvalue weighted by atomic mass is 9.76. The second-order valence-corrected chi connectivity index (χ2v) is 10.4. The molecule has 1 aliphatic rings. The van der Waals surface area contributed by atoms with Crippen LogP contribution in [0.2, 0.25) is 5.02 Å². The zero-order valence-electron chi connectivity index (χ0n) is 17.0. The topological polar surface area (TPSA) is 72.2 Å². The Bertz CT molecular complexity index is 913. The zero-order valence-corrected chi connectivity index (χ0v) is 18.6. The van der Waals surface area contributed by atoms with Gasteiger partial charge in [-0.05, 0) is 72.9 Å². The predicted octanol–water partition coefficient (Wildman–Crippen LogP) is 4.20. The number of rotatable bonds is 9. The molecule has 6 heteroatoms. The van der Waals surface area contributed by atoms with Gasteiger partial charge in [0.1, 0.15) is 0 Å². The largest absolute Gasteiger partial charge is 0.327 e. The van der Waals surface area contributed by atoms with Gasteiger partial charge in [0.15, 0.2) is 0 Å². The average Bonchev–Trinajstić information content (AvgIpc) is 2.69. The van der Waals surface area contributed by atoms with E-state index in [4.69, 9.17) is 17.3 Å². The normalized spacial score (nSPS) is 19.1. The fraction of sp³-hybridized carbons (Fsp3) is 0.478. The molecule has 0 amide bonds. The van der Waals surface area contributed by atoms with Crippen molar-refractivity contribution in [1.82, 2.24) is 4.72 Å². The minimum atomic E-state index is -3.13. The highest BCUT2D eigenvalue weighted by molar-refractivity contribution is 7.89. The first-order valence-electron chi connectivity index (χ1n) is 10.5. The minimum absolute atomic E-state index is 0.147. The zero-order chi connectivity index (χ0) is 20.9. The Morgan fingerprint density at radius 2 is 1.86 bits per heavy atom. The Morgan fingerprint density at radius 3 is 2.59 bits per heavy atom. The molecule has 0 aliphatic heterocycles. The van der Waals surface area contributed by atoms with E-state index in [-0.39, 0.29) is 11.8 Å². The van der Waals surface area contributed by atoms with Crippen LogP contribution in [0.1, 0.15) is 54.4 Å². The molecule has 0 saturated heterocycles. The lowest BCUT2D eigenvalue weighted by molar-refractivity contribution is 0.467. The summed E-state index contributed by atoms with van der Waals surface area (Å²) >= 11 is 6.02. The van der Waals surface area contributed by atoms with Crippen LogP contribution in [0.3, 0.4) is 0 Å². The van der Waals surface area contributed by atoms with Crippen molar-refractivity contribution < 1.29 is 8.42 Å². The Morgan fingerprint density at radius 1 is 1.14 bits per heavy atom. The van der Waals surface area contributed by atoms with Gasteiger partial charge in [0.05, 0.1) is 5.75 Å². The summed E-state index contributed by atoms with van der Waals surface area (Å²) in [7, 11) is -3.13. The summed E-state index contributed by atoms with van der Waals surface area (Å²) < 4.78 is 26.2. The Balaban J connectivity index is 1.67. The molecule has 0 heterocycles. The van der Waals surface area contributed by atoms with Gasteiger partial charge in [-0.2, -0.15) is 0 Å². The lowest BCUT2D eigenvalue weighted by Crippen LogP contribution is -2.34. The maximum Gasteiger partial charge on any atom is 0.211 e. The van der Waals surface area contributed by atoms with Crippen LogP contribution in [0, 0.1) is 0 Å². The Hall–Kier alpha value is -1.40. The van der Waals surface area contributed by atoms with Crippen molar-refractivity contribution >= 4 is 21.6 Å². The third-order valence-electron chi connectivity index (χ3n) is 5.68. The van der Waals surface area contributed by atoms with E-state index >= 15 is 0 Å². The Labute approximate surface area is 179 Å². The van der Waals surface area contributed by atoms with Crippen LogP contribution in [0.25, 0.3) is 0 Å². The van der Waals surface area contributed by atoms with Gasteiger partial charge in [-0.1, -0.05) is 48.9 Å². The molecule has 0 spiro atoms. The molecule has 0 radical (unpaired) electrons. The molecule has 3 rings (SSSR count). The van der Waals surface area contributed by atoms with E-state index in [1.54, 1.807) is 0 Å². The predicted molar refractivity (Wildman–Crippen MR) is 121 cm³/mol. The van der Waals surface area contributed by atoms with Gasteiger partial charge in [0.25, 0.3) is 0 Å². The van der Waals surface area contributed by atoms with Crippen molar-refractivity contribution in [2.45, 2.75) is 57.4 Å². The van der Waals surface area contributed by atoms with Crippen molar-refractivity contribution in [3.8, 4) is 0 Å². The summed E-state index contributed by atoms with van der Waals surface area (Å²) in [5, 5.41) is 0.749. The van der Waals surface area contributed by atoms with Crippen molar-refractivity contribution in [2.24, 2.45) is 5.73 Å². The van der Waals surface area contributed by atoms with E-state index in [9.17, 15) is 8.42 Å². The first-order valence-corrected chi connectivity index (χ1v) is 12.5. The molecule has 0 fully saturated rings. The summed E-state index contributed by atoms with van der Waals surface area (Å²) in [5.74, 6) is 0.485. The van der Waals surface area contributed by atoms with Crippen LogP contribution in [0.15, 0.2) is 42.5 Å². The number of halogens is 1. The highest BCUT2D eigenvalue weighted by atomic mass is 35.5. The van der Waals surface area contributed by atoms with Crippen molar-refractivity contribution in [1.29, 1.82) is 0 Å². The molecule has 2 aromatic carbocycles. The van der Waals surface area contributed by atoms with Crippen LogP contribution in [-0.4, -0.2) is 26.8 Å². The summed E-state index contributed by atoms with van der Waals surface area (Å²) in [4.78, 5) is 0. The molecule has 2 aromatic rings. The van der Waals surface area contributed by atoms with Crippen molar-refractivity contribution in [3.63, 3.8) is 0 Å². The van der Waals surface area contributed by atoms with E-state index in [0.717, 1.165) is 37.1 Å². The smallest absolute Gasteiger partial charge is 0.211 e. The number of aryl methyl sites for hydroxylation is 2. The summed E-state index contributed by atoms with van der Waals surface area (Å²) in [6.45, 7) is 2.35. The van der Waals surface area contributed by atoms with Gasteiger partial charge >= 0.3 is 0 Å². The number of fused-ring (bicyclic) bond motifs is 1. The van der Waals surface area contributed by atoms with E-state index in [1.807, 2.05) is 19.1 Å². The Kier molecular flexibility index (Phi) is 7.74. The molecule has 0 bridgehead atoms. The third-order valence-corrected chi connectivity index (χ3v) is 7.52. The summed E-state index contributed by atoms with van der Waals surface area (Å²) in [6, 6.07) is 14.9. The van der Waals surface area contributed by atoms with Gasteiger partial charge in [-0.25, -0.2) is 13.1 Å². The molecule has 4 nitrogen and oxygen atoms in total. The second-order valence-electron chi connectivity index (χ2n) is 7.99. The molecular formula is C23H31ClN2O2S. The number of nitrogens with two attached hydrogens (primary N) is 1. The first-order chi connectivity index (χ1) is 13.9. The lowest BCUT2D eigenvalue weighted by Gasteiger charge is -2.32. The number of hydrogen-bond donors (Lipinski definition) is 2. The fourth-order valence-corrected chi connectivity index (χ4v) is 5.39. The maximum absolute atomic E-state index is 11.8. The molecule has 2 atom stereocenters. The monoisotopic (exact) mass is 434 g/mol. The molecule has 29 heavy (non-hydrogen) atoms. The standard InChI is InChI=1S/C23H31ClN2O2S/c1-2-14-29(27,28)26-13-3-4-17-5-8-19-9-12-23(25)22(21(19)15-17)16-18-6-10-20(24)11-7-18/h5-8,10-11,15,22-23,26H,2-4,9,12-14,16,25H2,1H3. The van der Waals surface area contributed by atoms with E-state index in [1.165, 1.54) is 22.3 Å². The van der Waals surface area contributed by atoms with Gasteiger partial charge in [-0.15, -0.1) is 0 Å². The number of nitrogens with one attached hydrogen (secondary N) is 1. The molecule has 2 unspecified atom stereocenters. The number of sulfonamides is 1. The van der Waals surface area contributed by atoms with Gasteiger partial charge in [-0.3, -0.25) is 0 Å². The first kappa shape index (κ1) is 22.3. The molecule has 1 aliphatic carbocycles. The van der Waals surface area contributed by atoms with E-state index in [0.29, 0.717) is 18.9 Å². The van der Waals surface area contributed by atoms with Crippen LogP contribution in [0.4, 0.5) is 0 Å². The summed E-state index contributed by atoms with van der Waals surface area (Å²) in [6.07, 6.45) is 5.20. The quantitative estimate of drug-likeness (QED) is 0.581. The van der Waals surface area contributed by atoms with Crippen LogP contribution in [-0.2, 0) is 29.3 Å². The fourth-order valence-electron chi connectivity index (χ4n) is 4.12. The van der Waals surface area contributed by atoms with E-state index in [2.05, 4.69) is 35.1 Å². The molecule has 0 aromatic heterocycles. The summed E-state index contributed by atoms with van der Waals surface area (Å²) in [5.41, 5.74) is 11.7. The van der Waals surface area contributed by atoms with Gasteiger partial charge in [0, 0.05) is 23.5 Å². The van der Waals surface area contributed by atoms with Crippen LogP contribution < -0.4 is 10.5 Å². The number of hydrogen-bond acceptors (Lipinski definition) is 3. The minimum Gasteiger partial charge on any atom is -0.327 e. The highest BCUT2D eigenvalue weighted by Gasteiger charge is 2.27. The molecule has 3 N–H and O–H groups in total. The van der Waals surface area contributed by atoms with Crippen molar-refractivity contribution in [3.05, 3.63) is 69.7 Å². The maximum atomic E-state index is 11.8.